The Morgan fingerprint density at radius 1 is 1.36 bits per heavy atom. The van der Waals surface area contributed by atoms with E-state index in [-0.39, 0.29) is 6.10 Å². The Kier molecular flexibility index (Phi) is 2.87. The number of aryl methyl sites for hydroxylation is 1. The van der Waals surface area contributed by atoms with Crippen LogP contribution in [0.2, 0.25) is 0 Å². The first-order valence-electron chi connectivity index (χ1n) is 5.49. The van der Waals surface area contributed by atoms with Crippen molar-refractivity contribution in [2.24, 2.45) is 11.8 Å². The van der Waals surface area contributed by atoms with E-state index in [0.717, 1.165) is 18.8 Å². The van der Waals surface area contributed by atoms with Crippen molar-refractivity contribution in [3.8, 4) is 0 Å². The van der Waals surface area contributed by atoms with Crippen molar-refractivity contribution >= 4 is 0 Å². The largest absolute Gasteiger partial charge is 0.393 e. The maximum atomic E-state index is 9.82. The molecule has 0 bridgehead atoms. The summed E-state index contributed by atoms with van der Waals surface area (Å²) in [6.07, 6.45) is 3.06. The molecule has 0 saturated heterocycles. The minimum absolute atomic E-state index is 0.0785. The average Bonchev–Trinajstić information content (AvgIpc) is 2.94. The Bertz CT molecular complexity index is 281. The minimum Gasteiger partial charge on any atom is -0.393 e. The molecule has 0 unspecified atom stereocenters. The van der Waals surface area contributed by atoms with Gasteiger partial charge in [-0.3, -0.25) is 0 Å². The lowest BCUT2D eigenvalue weighted by molar-refractivity contribution is 0.136. The van der Waals surface area contributed by atoms with Crippen LogP contribution in [0.25, 0.3) is 0 Å². The summed E-state index contributed by atoms with van der Waals surface area (Å²) >= 11 is 0. The monoisotopic (exact) mass is 190 g/mol. The van der Waals surface area contributed by atoms with Gasteiger partial charge in [0.25, 0.3) is 0 Å². The lowest BCUT2D eigenvalue weighted by Crippen LogP contribution is -2.11. The van der Waals surface area contributed by atoms with Crippen molar-refractivity contribution < 1.29 is 5.11 Å². The van der Waals surface area contributed by atoms with Crippen LogP contribution in [-0.2, 0) is 6.42 Å². The molecule has 1 aliphatic carbocycles. The molecule has 0 amide bonds. The molecule has 1 aliphatic rings. The van der Waals surface area contributed by atoms with Gasteiger partial charge in [-0.1, -0.05) is 37.3 Å². The predicted molar refractivity (Wildman–Crippen MR) is 58.0 cm³/mol. The molecule has 1 nitrogen and oxygen atoms in total. The fourth-order valence-corrected chi connectivity index (χ4v) is 2.06. The smallest absolute Gasteiger partial charge is 0.0574 e. The van der Waals surface area contributed by atoms with E-state index in [1.807, 2.05) is 6.07 Å². The Balaban J connectivity index is 1.77. The van der Waals surface area contributed by atoms with E-state index in [2.05, 4.69) is 31.2 Å². The van der Waals surface area contributed by atoms with Crippen LogP contribution in [0, 0.1) is 11.8 Å². The van der Waals surface area contributed by atoms with Gasteiger partial charge < -0.3 is 5.11 Å². The van der Waals surface area contributed by atoms with Crippen molar-refractivity contribution in [2.45, 2.75) is 32.3 Å². The molecular formula is C13H18O. The molecule has 2 rings (SSSR count). The van der Waals surface area contributed by atoms with Gasteiger partial charge >= 0.3 is 0 Å². The molecular weight excluding hydrogens is 172 g/mol. The Morgan fingerprint density at radius 2 is 2.00 bits per heavy atom. The van der Waals surface area contributed by atoms with Crippen LogP contribution in [0.4, 0.5) is 0 Å². The summed E-state index contributed by atoms with van der Waals surface area (Å²) in [7, 11) is 0. The second kappa shape index (κ2) is 4.14. The number of aliphatic hydroxyl groups excluding tert-OH is 1. The van der Waals surface area contributed by atoms with Gasteiger partial charge in [0.15, 0.2) is 0 Å². The molecule has 1 fully saturated rings. The van der Waals surface area contributed by atoms with Gasteiger partial charge in [-0.25, -0.2) is 0 Å². The van der Waals surface area contributed by atoms with Gasteiger partial charge in [0.1, 0.15) is 0 Å². The number of aliphatic hydroxyl groups is 1. The van der Waals surface area contributed by atoms with E-state index < -0.39 is 0 Å². The Hall–Kier alpha value is -0.820. The maximum Gasteiger partial charge on any atom is 0.0574 e. The van der Waals surface area contributed by atoms with E-state index in [9.17, 15) is 5.11 Å². The normalized spacial score (nSPS) is 27.3. The summed E-state index contributed by atoms with van der Waals surface area (Å²) in [5.41, 5.74) is 1.33. The zero-order chi connectivity index (χ0) is 9.97. The van der Waals surface area contributed by atoms with E-state index in [1.54, 1.807) is 0 Å². The van der Waals surface area contributed by atoms with Crippen LogP contribution in [0.1, 0.15) is 25.3 Å². The van der Waals surface area contributed by atoms with Crippen LogP contribution < -0.4 is 0 Å². The molecule has 1 aromatic rings. The lowest BCUT2D eigenvalue weighted by atomic mass is 10.0. The first-order chi connectivity index (χ1) is 6.77. The number of rotatable bonds is 4. The van der Waals surface area contributed by atoms with Gasteiger partial charge in [-0.15, -0.1) is 0 Å². The average molecular weight is 190 g/mol. The van der Waals surface area contributed by atoms with Crippen molar-refractivity contribution in [2.75, 3.05) is 0 Å². The highest BCUT2D eigenvalue weighted by Gasteiger charge is 2.38. The first-order valence-corrected chi connectivity index (χ1v) is 5.49. The quantitative estimate of drug-likeness (QED) is 0.774. The maximum absolute atomic E-state index is 9.82. The SMILES string of the molecule is C[C@@H]1C[C@H]1[C@@H](O)CCc1ccccc1. The molecule has 1 N–H and O–H groups in total. The minimum atomic E-state index is -0.0785. The molecule has 0 aromatic heterocycles. The third-order valence-electron chi connectivity index (χ3n) is 3.24. The Labute approximate surface area is 85.8 Å². The summed E-state index contributed by atoms with van der Waals surface area (Å²) in [5.74, 6) is 1.33. The van der Waals surface area contributed by atoms with Gasteiger partial charge in [0.05, 0.1) is 6.10 Å². The second-order valence-electron chi connectivity index (χ2n) is 4.47. The predicted octanol–water partition coefficient (Wildman–Crippen LogP) is 2.64. The highest BCUT2D eigenvalue weighted by atomic mass is 16.3. The van der Waals surface area contributed by atoms with Crippen LogP contribution >= 0.6 is 0 Å². The number of benzene rings is 1. The van der Waals surface area contributed by atoms with Crippen LogP contribution in [0.15, 0.2) is 30.3 Å². The topological polar surface area (TPSA) is 20.2 Å². The van der Waals surface area contributed by atoms with E-state index in [4.69, 9.17) is 0 Å². The van der Waals surface area contributed by atoms with Crippen molar-refractivity contribution in [1.29, 1.82) is 0 Å². The first kappa shape index (κ1) is 9.72. The third-order valence-corrected chi connectivity index (χ3v) is 3.24. The molecule has 76 valence electrons. The van der Waals surface area contributed by atoms with Crippen LogP contribution in [0.5, 0.6) is 0 Å². The van der Waals surface area contributed by atoms with E-state index in [0.29, 0.717) is 5.92 Å². The molecule has 1 aromatic carbocycles. The van der Waals surface area contributed by atoms with Gasteiger partial charge in [-0.05, 0) is 36.7 Å². The lowest BCUT2D eigenvalue weighted by Gasteiger charge is -2.09. The fourth-order valence-electron chi connectivity index (χ4n) is 2.06. The van der Waals surface area contributed by atoms with E-state index in [1.165, 1.54) is 12.0 Å². The van der Waals surface area contributed by atoms with Gasteiger partial charge in [0.2, 0.25) is 0 Å². The van der Waals surface area contributed by atoms with Crippen molar-refractivity contribution in [3.63, 3.8) is 0 Å². The number of hydrogen-bond acceptors (Lipinski definition) is 1. The third kappa shape index (κ3) is 2.36. The van der Waals surface area contributed by atoms with Crippen LogP contribution in [0.3, 0.4) is 0 Å². The van der Waals surface area contributed by atoms with E-state index >= 15 is 0 Å². The summed E-state index contributed by atoms with van der Waals surface area (Å²) < 4.78 is 0. The highest BCUT2D eigenvalue weighted by Crippen LogP contribution is 2.41. The van der Waals surface area contributed by atoms with Gasteiger partial charge in [0, 0.05) is 0 Å². The molecule has 14 heavy (non-hydrogen) atoms. The van der Waals surface area contributed by atoms with Crippen molar-refractivity contribution in [3.05, 3.63) is 35.9 Å². The molecule has 1 saturated carbocycles. The summed E-state index contributed by atoms with van der Waals surface area (Å²) in [6.45, 7) is 2.22. The zero-order valence-corrected chi connectivity index (χ0v) is 8.69. The molecule has 0 radical (unpaired) electrons. The fraction of sp³-hybridized carbons (Fsp3) is 0.538. The Morgan fingerprint density at radius 3 is 2.57 bits per heavy atom. The van der Waals surface area contributed by atoms with Gasteiger partial charge in [-0.2, -0.15) is 0 Å². The zero-order valence-electron chi connectivity index (χ0n) is 8.69. The highest BCUT2D eigenvalue weighted by molar-refractivity contribution is 5.14. The van der Waals surface area contributed by atoms with Crippen LogP contribution in [-0.4, -0.2) is 11.2 Å². The standard InChI is InChI=1S/C13H18O/c1-10-9-12(10)13(14)8-7-11-5-3-2-4-6-11/h2-6,10,12-14H,7-9H2,1H3/t10-,12-,13+/m1/s1. The summed E-state index contributed by atoms with van der Waals surface area (Å²) in [5, 5.41) is 9.82. The molecule has 3 atom stereocenters. The molecule has 0 heterocycles. The second-order valence-corrected chi connectivity index (χ2v) is 4.47. The summed E-state index contributed by atoms with van der Waals surface area (Å²) in [6, 6.07) is 10.4. The molecule has 0 aliphatic heterocycles. The summed E-state index contributed by atoms with van der Waals surface area (Å²) in [4.78, 5) is 0. The molecule has 1 heteroatoms. The molecule has 0 spiro atoms. The van der Waals surface area contributed by atoms with Crippen molar-refractivity contribution in [1.82, 2.24) is 0 Å². The number of hydrogen-bond donors (Lipinski definition) is 1.